The molecule has 42 heavy (non-hydrogen) atoms. The van der Waals surface area contributed by atoms with Gasteiger partial charge in [-0.25, -0.2) is 0 Å². The maximum absolute atomic E-state index is 13.9. The molecule has 2 amide bonds. The van der Waals surface area contributed by atoms with Crippen LogP contribution in [0, 0.1) is 11.8 Å². The Balaban J connectivity index is 1.31. The number of nitrogen functional groups attached to an aromatic ring is 1. The molecule has 3 unspecified atom stereocenters. The van der Waals surface area contributed by atoms with Crippen molar-refractivity contribution in [1.29, 1.82) is 0 Å². The number of rotatable bonds is 12. The van der Waals surface area contributed by atoms with Crippen molar-refractivity contribution in [3.8, 4) is 0 Å². The SMILES string of the molecule is CCCC(CC)C1CCN(C(C(=O)Nc2ccc(C3CC3)cc2)c2ccc(/C=C/C(=O)Nc3ccccc3N)cc2)C1. The average molecular weight is 565 g/mol. The van der Waals surface area contributed by atoms with E-state index in [1.54, 1.807) is 18.2 Å². The second kappa shape index (κ2) is 13.8. The van der Waals surface area contributed by atoms with E-state index >= 15 is 0 Å². The van der Waals surface area contributed by atoms with Gasteiger partial charge in [0.1, 0.15) is 6.04 Å². The Morgan fingerprint density at radius 2 is 1.69 bits per heavy atom. The summed E-state index contributed by atoms with van der Waals surface area (Å²) in [6, 6.07) is 23.2. The largest absolute Gasteiger partial charge is 0.397 e. The summed E-state index contributed by atoms with van der Waals surface area (Å²) in [5, 5.41) is 6.03. The lowest BCUT2D eigenvalue weighted by Gasteiger charge is -2.29. The molecule has 0 spiro atoms. The summed E-state index contributed by atoms with van der Waals surface area (Å²) >= 11 is 0. The molecule has 2 aliphatic rings. The second-order valence-electron chi connectivity index (χ2n) is 11.9. The third-order valence-corrected chi connectivity index (χ3v) is 8.85. The van der Waals surface area contributed by atoms with Gasteiger partial charge in [0, 0.05) is 18.3 Å². The molecule has 2 fully saturated rings. The lowest BCUT2D eigenvalue weighted by molar-refractivity contribution is -0.121. The third kappa shape index (κ3) is 7.48. The zero-order chi connectivity index (χ0) is 29.5. The molecule has 3 aromatic carbocycles. The molecule has 1 saturated carbocycles. The first kappa shape index (κ1) is 29.6. The highest BCUT2D eigenvalue weighted by Crippen LogP contribution is 2.40. The molecule has 0 bridgehead atoms. The minimum Gasteiger partial charge on any atom is -0.397 e. The molecular formula is C36H44N4O2. The molecule has 0 radical (unpaired) electrons. The molecule has 0 aromatic heterocycles. The van der Waals surface area contributed by atoms with E-state index in [9.17, 15) is 9.59 Å². The zero-order valence-corrected chi connectivity index (χ0v) is 24.9. The van der Waals surface area contributed by atoms with Crippen LogP contribution in [0.5, 0.6) is 0 Å². The third-order valence-electron chi connectivity index (χ3n) is 8.85. The van der Waals surface area contributed by atoms with Crippen molar-refractivity contribution in [1.82, 2.24) is 4.90 Å². The Morgan fingerprint density at radius 1 is 0.952 bits per heavy atom. The van der Waals surface area contributed by atoms with Gasteiger partial charge in [-0.3, -0.25) is 14.5 Å². The summed E-state index contributed by atoms with van der Waals surface area (Å²) in [4.78, 5) is 28.7. The van der Waals surface area contributed by atoms with Crippen LogP contribution < -0.4 is 16.4 Å². The molecule has 1 aliphatic carbocycles. The van der Waals surface area contributed by atoms with E-state index in [2.05, 4.69) is 41.5 Å². The number of anilines is 3. The molecule has 1 saturated heterocycles. The fourth-order valence-electron chi connectivity index (χ4n) is 6.32. The highest BCUT2D eigenvalue weighted by Gasteiger charge is 2.36. The highest BCUT2D eigenvalue weighted by atomic mass is 16.2. The van der Waals surface area contributed by atoms with Crippen LogP contribution in [0.4, 0.5) is 17.1 Å². The van der Waals surface area contributed by atoms with Crippen LogP contribution in [0.25, 0.3) is 6.08 Å². The summed E-state index contributed by atoms with van der Waals surface area (Å²) < 4.78 is 0. The van der Waals surface area contributed by atoms with E-state index in [-0.39, 0.29) is 17.9 Å². The Hall–Kier alpha value is -3.90. The van der Waals surface area contributed by atoms with E-state index in [1.807, 2.05) is 48.5 Å². The number of carbonyl (C=O) groups excluding carboxylic acids is 2. The number of nitrogens with zero attached hydrogens (tertiary/aromatic N) is 1. The molecule has 1 aliphatic heterocycles. The number of amides is 2. The van der Waals surface area contributed by atoms with Crippen molar-refractivity contribution < 1.29 is 9.59 Å². The molecule has 1 heterocycles. The van der Waals surface area contributed by atoms with E-state index in [1.165, 1.54) is 43.7 Å². The van der Waals surface area contributed by atoms with Crippen LogP contribution in [0.1, 0.15) is 81.0 Å². The minimum absolute atomic E-state index is 0.00137. The number of nitrogens with two attached hydrogens (primary N) is 1. The van der Waals surface area contributed by atoms with Crippen molar-refractivity contribution in [3.05, 3.63) is 95.6 Å². The number of carbonyl (C=O) groups is 2. The quantitative estimate of drug-likeness (QED) is 0.156. The van der Waals surface area contributed by atoms with Crippen molar-refractivity contribution >= 4 is 35.0 Å². The number of likely N-dealkylation sites (tertiary alicyclic amines) is 1. The van der Waals surface area contributed by atoms with Gasteiger partial charge in [0.15, 0.2) is 0 Å². The van der Waals surface area contributed by atoms with Gasteiger partial charge in [0.05, 0.1) is 11.4 Å². The Morgan fingerprint density at radius 3 is 2.36 bits per heavy atom. The number of benzene rings is 3. The fourth-order valence-corrected chi connectivity index (χ4v) is 6.32. The van der Waals surface area contributed by atoms with E-state index in [0.29, 0.717) is 29.1 Å². The molecule has 3 aromatic rings. The predicted molar refractivity (Wildman–Crippen MR) is 173 cm³/mol. The van der Waals surface area contributed by atoms with Crippen molar-refractivity contribution in [2.75, 3.05) is 29.5 Å². The standard InChI is InChI=1S/C36H44N4O2/c1-3-7-26(4-2)30-22-23-40(24-30)35(36(42)38-31-19-17-28(18-20-31)27-15-16-27)29-13-10-25(11-14-29)12-21-34(41)39-33-9-6-5-8-32(33)37/h5-6,8-14,17-21,26-27,30,35H,3-4,7,15-16,22-24,37H2,1-2H3,(H,38,42)(H,39,41)/b21-12+. The summed E-state index contributed by atoms with van der Waals surface area (Å²) in [7, 11) is 0. The van der Waals surface area contributed by atoms with Crippen LogP contribution in [0.2, 0.25) is 0 Å². The molecule has 5 rings (SSSR count). The van der Waals surface area contributed by atoms with E-state index in [4.69, 9.17) is 5.73 Å². The van der Waals surface area contributed by atoms with Crippen molar-refractivity contribution in [2.45, 2.75) is 64.3 Å². The second-order valence-corrected chi connectivity index (χ2v) is 11.9. The lowest BCUT2D eigenvalue weighted by Crippen LogP contribution is -2.36. The van der Waals surface area contributed by atoms with E-state index < -0.39 is 0 Å². The van der Waals surface area contributed by atoms with Gasteiger partial charge < -0.3 is 16.4 Å². The maximum atomic E-state index is 13.9. The number of hydrogen-bond acceptors (Lipinski definition) is 4. The van der Waals surface area contributed by atoms with Gasteiger partial charge >= 0.3 is 0 Å². The number of nitrogens with one attached hydrogen (secondary N) is 2. The number of hydrogen-bond donors (Lipinski definition) is 3. The molecular weight excluding hydrogens is 520 g/mol. The lowest BCUT2D eigenvalue weighted by atomic mass is 9.86. The monoisotopic (exact) mass is 564 g/mol. The molecule has 220 valence electrons. The minimum atomic E-state index is -0.375. The van der Waals surface area contributed by atoms with Gasteiger partial charge in [-0.15, -0.1) is 0 Å². The predicted octanol–water partition coefficient (Wildman–Crippen LogP) is 7.63. The first-order chi connectivity index (χ1) is 20.4. The zero-order valence-electron chi connectivity index (χ0n) is 24.9. The summed E-state index contributed by atoms with van der Waals surface area (Å²) in [6.07, 6.45) is 10.5. The Labute approximate surface area is 250 Å². The number of para-hydroxylation sites is 2. The van der Waals surface area contributed by atoms with Crippen LogP contribution >= 0.6 is 0 Å². The van der Waals surface area contributed by atoms with Crippen molar-refractivity contribution in [2.24, 2.45) is 11.8 Å². The molecule has 6 heteroatoms. The summed E-state index contributed by atoms with van der Waals surface area (Å²) in [5.74, 6) is 1.75. The molecule has 3 atom stereocenters. The molecule has 6 nitrogen and oxygen atoms in total. The highest BCUT2D eigenvalue weighted by molar-refractivity contribution is 6.03. The van der Waals surface area contributed by atoms with Crippen LogP contribution in [0.3, 0.4) is 0 Å². The van der Waals surface area contributed by atoms with Gasteiger partial charge in [-0.1, -0.05) is 81.6 Å². The summed E-state index contributed by atoms with van der Waals surface area (Å²) in [5.41, 5.74) is 11.1. The van der Waals surface area contributed by atoms with Gasteiger partial charge in [-0.2, -0.15) is 0 Å². The first-order valence-corrected chi connectivity index (χ1v) is 15.5. The smallest absolute Gasteiger partial charge is 0.248 e. The topological polar surface area (TPSA) is 87.5 Å². The maximum Gasteiger partial charge on any atom is 0.248 e. The first-order valence-electron chi connectivity index (χ1n) is 15.5. The normalized spacial score (nSPS) is 18.6. The van der Waals surface area contributed by atoms with Gasteiger partial charge in [0.2, 0.25) is 11.8 Å². The van der Waals surface area contributed by atoms with Gasteiger partial charge in [0.25, 0.3) is 0 Å². The van der Waals surface area contributed by atoms with E-state index in [0.717, 1.165) is 36.3 Å². The fraction of sp³-hybridized carbons (Fsp3) is 0.389. The summed E-state index contributed by atoms with van der Waals surface area (Å²) in [6.45, 7) is 6.40. The average Bonchev–Trinajstić information content (AvgIpc) is 3.75. The van der Waals surface area contributed by atoms with Crippen LogP contribution in [0.15, 0.2) is 78.9 Å². The van der Waals surface area contributed by atoms with Gasteiger partial charge in [-0.05, 0) is 90.6 Å². The van der Waals surface area contributed by atoms with Crippen LogP contribution in [-0.2, 0) is 9.59 Å². The van der Waals surface area contributed by atoms with Crippen molar-refractivity contribution in [3.63, 3.8) is 0 Å². The Kier molecular flexibility index (Phi) is 9.75. The molecule has 4 N–H and O–H groups in total. The Bertz CT molecular complexity index is 1380. The van der Waals surface area contributed by atoms with Crippen LogP contribution in [-0.4, -0.2) is 29.8 Å².